The number of esters is 1. The third kappa shape index (κ3) is 6.98. The second kappa shape index (κ2) is 11.9. The molecule has 0 fully saturated rings. The summed E-state index contributed by atoms with van der Waals surface area (Å²) in [6.45, 7) is 8.17. The van der Waals surface area contributed by atoms with Gasteiger partial charge < -0.3 is 24.2 Å². The maximum Gasteiger partial charge on any atom is 0.330 e. The van der Waals surface area contributed by atoms with Crippen molar-refractivity contribution >= 4 is 29.2 Å². The fraction of sp³-hybridized carbons (Fsp3) is 0.385. The van der Waals surface area contributed by atoms with Crippen LogP contribution in [0.3, 0.4) is 0 Å². The number of carbonyl (C=O) groups is 2. The number of aliphatic hydroxyl groups excluding tert-OH is 1. The van der Waals surface area contributed by atoms with Crippen molar-refractivity contribution in [2.45, 2.75) is 33.8 Å². The number of ether oxygens (including phenoxy) is 3. The van der Waals surface area contributed by atoms with Crippen LogP contribution in [0, 0.1) is 5.41 Å². The van der Waals surface area contributed by atoms with E-state index in [2.05, 4.69) is 0 Å². The van der Waals surface area contributed by atoms with Crippen LogP contribution in [-0.4, -0.2) is 44.4 Å². The van der Waals surface area contributed by atoms with Crippen LogP contribution in [0.25, 0.3) is 0 Å². The minimum absolute atomic E-state index is 0.207. The van der Waals surface area contributed by atoms with E-state index in [1.165, 1.54) is 25.2 Å². The number of para-hydroxylation sites is 1. The third-order valence-corrected chi connectivity index (χ3v) is 5.09. The fourth-order valence-corrected chi connectivity index (χ4v) is 3.64. The number of nitrogens with zero attached hydrogens (tertiary/aromatic N) is 1. The zero-order valence-electron chi connectivity index (χ0n) is 20.4. The summed E-state index contributed by atoms with van der Waals surface area (Å²) in [6.07, 6.45) is 1.09. The van der Waals surface area contributed by atoms with Gasteiger partial charge in [-0.05, 0) is 36.6 Å². The SMILES string of the molecule is CCOC(=O)/C=C/C(=O)N(CC(C)(C)C)c1ccc(Cl)cc1[C@H](O)c1cccc(OC)c1OC. The van der Waals surface area contributed by atoms with E-state index < -0.39 is 18.0 Å². The maximum atomic E-state index is 13.2. The van der Waals surface area contributed by atoms with Gasteiger partial charge in [0.1, 0.15) is 6.10 Å². The first kappa shape index (κ1) is 27.2. The lowest BCUT2D eigenvalue weighted by Crippen LogP contribution is -2.38. The van der Waals surface area contributed by atoms with Crippen molar-refractivity contribution in [1.29, 1.82) is 0 Å². The molecule has 8 heteroatoms. The van der Waals surface area contributed by atoms with E-state index in [1.54, 1.807) is 43.3 Å². The van der Waals surface area contributed by atoms with Crippen molar-refractivity contribution < 1.29 is 28.9 Å². The van der Waals surface area contributed by atoms with Crippen molar-refractivity contribution in [3.05, 3.63) is 64.7 Å². The highest BCUT2D eigenvalue weighted by Crippen LogP contribution is 2.41. The number of carbonyl (C=O) groups excluding carboxylic acids is 2. The first-order valence-electron chi connectivity index (χ1n) is 10.9. The normalized spacial score (nSPS) is 12.4. The number of anilines is 1. The molecule has 184 valence electrons. The van der Waals surface area contributed by atoms with Crippen molar-refractivity contribution in [2.24, 2.45) is 5.41 Å². The van der Waals surface area contributed by atoms with Gasteiger partial charge in [0.15, 0.2) is 11.5 Å². The summed E-state index contributed by atoms with van der Waals surface area (Å²) in [5.74, 6) is -0.206. The van der Waals surface area contributed by atoms with Crippen LogP contribution in [0.5, 0.6) is 11.5 Å². The number of aliphatic hydroxyl groups is 1. The molecule has 2 aromatic carbocycles. The molecule has 1 atom stereocenters. The topological polar surface area (TPSA) is 85.3 Å². The summed E-state index contributed by atoms with van der Waals surface area (Å²) >= 11 is 6.29. The Morgan fingerprint density at radius 3 is 2.38 bits per heavy atom. The monoisotopic (exact) mass is 489 g/mol. The zero-order chi connectivity index (χ0) is 25.5. The van der Waals surface area contributed by atoms with Crippen LogP contribution < -0.4 is 14.4 Å². The minimum Gasteiger partial charge on any atom is -0.493 e. The van der Waals surface area contributed by atoms with Crippen LogP contribution in [-0.2, 0) is 14.3 Å². The second-order valence-electron chi connectivity index (χ2n) is 8.76. The number of halogens is 1. The van der Waals surface area contributed by atoms with Gasteiger partial charge in [0.25, 0.3) is 5.91 Å². The Morgan fingerprint density at radius 1 is 1.09 bits per heavy atom. The number of hydrogen-bond acceptors (Lipinski definition) is 6. The summed E-state index contributed by atoms with van der Waals surface area (Å²) < 4.78 is 15.7. The molecule has 1 amide bonds. The van der Waals surface area contributed by atoms with Gasteiger partial charge in [-0.2, -0.15) is 0 Å². The van der Waals surface area contributed by atoms with E-state index >= 15 is 0 Å². The number of rotatable bonds is 9. The van der Waals surface area contributed by atoms with Gasteiger partial charge in [-0.1, -0.05) is 44.5 Å². The Balaban J connectivity index is 2.62. The summed E-state index contributed by atoms with van der Waals surface area (Å²) in [6, 6.07) is 10.1. The Hall–Kier alpha value is -3.03. The Kier molecular flexibility index (Phi) is 9.53. The molecule has 34 heavy (non-hydrogen) atoms. The lowest BCUT2D eigenvalue weighted by molar-refractivity contribution is -0.137. The van der Waals surface area contributed by atoms with Crippen LogP contribution in [0.1, 0.15) is 44.9 Å². The molecule has 0 heterocycles. The standard InChI is InChI=1S/C26H32ClNO6/c1-7-34-23(30)14-13-22(29)28(16-26(2,3)4)20-12-11-17(27)15-19(20)24(31)18-9-8-10-21(32-5)25(18)33-6/h8-15,24,31H,7,16H2,1-6H3/b14-13+/t24-/m1/s1. The number of methoxy groups -OCH3 is 2. The zero-order valence-corrected chi connectivity index (χ0v) is 21.2. The molecule has 1 N–H and O–H groups in total. The summed E-state index contributed by atoms with van der Waals surface area (Å²) in [5, 5.41) is 11.8. The molecule has 7 nitrogen and oxygen atoms in total. The molecule has 0 spiro atoms. The highest BCUT2D eigenvalue weighted by Gasteiger charge is 2.28. The van der Waals surface area contributed by atoms with Crippen molar-refractivity contribution in [1.82, 2.24) is 0 Å². The Bertz CT molecular complexity index is 1040. The molecule has 2 aromatic rings. The van der Waals surface area contributed by atoms with Crippen molar-refractivity contribution in [3.63, 3.8) is 0 Å². The molecule has 0 aliphatic rings. The van der Waals surface area contributed by atoms with Gasteiger partial charge in [0.2, 0.25) is 0 Å². The van der Waals surface area contributed by atoms with Gasteiger partial charge in [-0.25, -0.2) is 4.79 Å². The lowest BCUT2D eigenvalue weighted by atomic mass is 9.93. The molecule has 0 aliphatic carbocycles. The smallest absolute Gasteiger partial charge is 0.330 e. The van der Waals surface area contributed by atoms with Gasteiger partial charge in [0, 0.05) is 34.8 Å². The van der Waals surface area contributed by atoms with Gasteiger partial charge in [0.05, 0.1) is 26.5 Å². The summed E-state index contributed by atoms with van der Waals surface area (Å²) in [5.41, 5.74) is 1.02. The molecule has 0 aromatic heterocycles. The number of benzene rings is 2. The molecule has 2 rings (SSSR count). The largest absolute Gasteiger partial charge is 0.493 e. The van der Waals surface area contributed by atoms with Crippen LogP contribution in [0.2, 0.25) is 5.02 Å². The Labute approximate surface area is 205 Å². The summed E-state index contributed by atoms with van der Waals surface area (Å²) in [7, 11) is 3.00. The number of amides is 1. The first-order chi connectivity index (χ1) is 16.0. The molecule has 0 saturated carbocycles. The summed E-state index contributed by atoms with van der Waals surface area (Å²) in [4.78, 5) is 26.5. The Morgan fingerprint density at radius 2 is 1.79 bits per heavy atom. The molecule has 0 unspecified atom stereocenters. The lowest BCUT2D eigenvalue weighted by Gasteiger charge is -2.32. The predicted octanol–water partition coefficient (Wildman–Crippen LogP) is 4.94. The van der Waals surface area contributed by atoms with Gasteiger partial charge in [-0.15, -0.1) is 0 Å². The van der Waals surface area contributed by atoms with E-state index in [0.29, 0.717) is 39.9 Å². The molecule has 0 radical (unpaired) electrons. The molecular weight excluding hydrogens is 458 g/mol. The van der Waals surface area contributed by atoms with Crippen molar-refractivity contribution in [3.8, 4) is 11.5 Å². The van der Waals surface area contributed by atoms with E-state index in [1.807, 2.05) is 20.8 Å². The quantitative estimate of drug-likeness (QED) is 0.397. The van der Waals surface area contributed by atoms with Crippen LogP contribution in [0.4, 0.5) is 5.69 Å². The van der Waals surface area contributed by atoms with E-state index in [9.17, 15) is 14.7 Å². The highest BCUT2D eigenvalue weighted by atomic mass is 35.5. The van der Waals surface area contributed by atoms with Crippen LogP contribution >= 0.6 is 11.6 Å². The minimum atomic E-state index is -1.18. The van der Waals surface area contributed by atoms with E-state index in [4.69, 9.17) is 25.8 Å². The average Bonchev–Trinajstić information content (AvgIpc) is 2.79. The third-order valence-electron chi connectivity index (χ3n) is 4.85. The second-order valence-corrected chi connectivity index (χ2v) is 9.20. The highest BCUT2D eigenvalue weighted by molar-refractivity contribution is 6.30. The van der Waals surface area contributed by atoms with Crippen molar-refractivity contribution in [2.75, 3.05) is 32.3 Å². The van der Waals surface area contributed by atoms with Gasteiger partial charge in [-0.3, -0.25) is 4.79 Å². The number of hydrogen-bond donors (Lipinski definition) is 1. The molecule has 0 saturated heterocycles. The average molecular weight is 490 g/mol. The van der Waals surface area contributed by atoms with Gasteiger partial charge >= 0.3 is 5.97 Å². The molecule has 0 bridgehead atoms. The predicted molar refractivity (Wildman–Crippen MR) is 133 cm³/mol. The first-order valence-corrected chi connectivity index (χ1v) is 11.2. The maximum absolute atomic E-state index is 13.2. The fourth-order valence-electron chi connectivity index (χ4n) is 3.46. The van der Waals surface area contributed by atoms with E-state index in [0.717, 1.165) is 6.08 Å². The van der Waals surface area contributed by atoms with Crippen LogP contribution in [0.15, 0.2) is 48.6 Å². The molecule has 0 aliphatic heterocycles. The molecular formula is C26H32ClNO6. The van der Waals surface area contributed by atoms with E-state index in [-0.39, 0.29) is 12.0 Å².